The summed E-state index contributed by atoms with van der Waals surface area (Å²) in [7, 11) is 0. The predicted octanol–water partition coefficient (Wildman–Crippen LogP) is 6.09. The molecule has 0 atom stereocenters. The van der Waals surface area contributed by atoms with E-state index in [1.54, 1.807) is 0 Å². The van der Waals surface area contributed by atoms with Crippen molar-refractivity contribution in [2.45, 2.75) is 20.4 Å². The topological polar surface area (TPSA) is 75.9 Å². The Bertz CT molecular complexity index is 1010. The van der Waals surface area contributed by atoms with E-state index in [1.165, 1.54) is 27.8 Å². The second-order valence-corrected chi connectivity index (χ2v) is 7.21. The Morgan fingerprint density at radius 1 is 0.645 bits per heavy atom. The molecule has 0 amide bonds. The fourth-order valence-corrected chi connectivity index (χ4v) is 2.88. The van der Waals surface area contributed by atoms with E-state index < -0.39 is 0 Å². The van der Waals surface area contributed by atoms with E-state index in [0.29, 0.717) is 6.54 Å². The molecule has 0 aromatic heterocycles. The fraction of sp³-hybridized carbons (Fsp3) is 0.107. The maximum absolute atomic E-state index is 7.01. The van der Waals surface area contributed by atoms with E-state index in [-0.39, 0.29) is 5.84 Å². The summed E-state index contributed by atoms with van der Waals surface area (Å²) in [5, 5.41) is 7.01. The molecule has 158 valence electrons. The second-order valence-electron chi connectivity index (χ2n) is 7.21. The molecule has 4 aromatic rings. The molecule has 0 aliphatic rings. The highest BCUT2D eigenvalue weighted by atomic mass is 14.7. The summed E-state index contributed by atoms with van der Waals surface area (Å²) < 4.78 is 0. The Labute approximate surface area is 185 Å². The molecule has 0 aliphatic heterocycles. The van der Waals surface area contributed by atoms with Gasteiger partial charge in [0.15, 0.2) is 0 Å². The van der Waals surface area contributed by atoms with Crippen LogP contribution in [0.2, 0.25) is 0 Å². The van der Waals surface area contributed by atoms with Crippen molar-refractivity contribution in [2.75, 3.05) is 0 Å². The molecule has 4 aromatic carbocycles. The molecule has 0 bridgehead atoms. The van der Waals surface area contributed by atoms with Gasteiger partial charge in [0.25, 0.3) is 0 Å². The number of rotatable bonds is 3. The van der Waals surface area contributed by atoms with Crippen LogP contribution in [-0.2, 0) is 6.54 Å². The number of nitrogen functional groups attached to an aromatic ring is 1. The predicted molar refractivity (Wildman–Crippen MR) is 133 cm³/mol. The molecule has 31 heavy (non-hydrogen) atoms. The number of hydrogen-bond donors (Lipinski definition) is 3. The Kier molecular flexibility index (Phi) is 9.73. The zero-order chi connectivity index (χ0) is 22.5. The molecule has 3 nitrogen and oxygen atoms in total. The number of aryl methyl sites for hydroxylation is 2. The summed E-state index contributed by atoms with van der Waals surface area (Å²) >= 11 is 0. The molecular weight excluding hydrogens is 378 g/mol. The minimum atomic E-state index is 0.121. The molecule has 0 spiro atoms. The molecule has 5 N–H and O–H groups in total. The third-order valence-electron chi connectivity index (χ3n) is 4.53. The van der Waals surface area contributed by atoms with Crippen LogP contribution in [0.3, 0.4) is 0 Å². The van der Waals surface area contributed by atoms with Crippen LogP contribution in [0, 0.1) is 19.3 Å². The molecule has 4 rings (SSSR count). The van der Waals surface area contributed by atoms with Crippen molar-refractivity contribution in [1.29, 1.82) is 5.41 Å². The average molecular weight is 410 g/mol. The normalized spacial score (nSPS) is 9.52. The van der Waals surface area contributed by atoms with Crippen molar-refractivity contribution < 1.29 is 0 Å². The van der Waals surface area contributed by atoms with Crippen LogP contribution in [0.5, 0.6) is 0 Å². The first-order chi connectivity index (χ1) is 15.0. The highest BCUT2D eigenvalue weighted by Gasteiger charge is 1.96. The van der Waals surface area contributed by atoms with E-state index in [1.807, 2.05) is 60.7 Å². The van der Waals surface area contributed by atoms with Crippen molar-refractivity contribution in [1.82, 2.24) is 0 Å². The molecule has 0 radical (unpaired) electrons. The fourth-order valence-electron chi connectivity index (χ4n) is 2.88. The Hall–Kier alpha value is -3.69. The van der Waals surface area contributed by atoms with E-state index >= 15 is 0 Å². The van der Waals surface area contributed by atoms with Gasteiger partial charge in [-0.05, 0) is 30.5 Å². The first-order valence-electron chi connectivity index (χ1n) is 10.3. The standard InChI is InChI=1S/C14H14.C7H8N2.C7H9N/c1-11-5-3-7-13(9-11)14-8-4-6-12(2)10-14;8-7(9)6-4-2-1-3-5-6;8-6-7-4-2-1-3-5-7/h3-10H,1-2H3;1-5H,(H3,8,9);1-5H,6,8H2. The van der Waals surface area contributed by atoms with Crippen LogP contribution in [0.15, 0.2) is 109 Å². The average Bonchev–Trinajstić information content (AvgIpc) is 2.81. The van der Waals surface area contributed by atoms with Crippen molar-refractivity contribution in [3.05, 3.63) is 131 Å². The number of nitrogens with one attached hydrogen (secondary N) is 1. The summed E-state index contributed by atoms with van der Waals surface area (Å²) in [6, 6.07) is 36.4. The van der Waals surface area contributed by atoms with Crippen LogP contribution in [0.4, 0.5) is 0 Å². The molecular formula is C28H31N3. The summed E-state index contributed by atoms with van der Waals surface area (Å²) in [5.74, 6) is 0.121. The zero-order valence-corrected chi connectivity index (χ0v) is 18.3. The lowest BCUT2D eigenvalue weighted by atomic mass is 10.0. The lowest BCUT2D eigenvalue weighted by Crippen LogP contribution is -2.10. The van der Waals surface area contributed by atoms with Crippen LogP contribution < -0.4 is 11.5 Å². The van der Waals surface area contributed by atoms with E-state index in [9.17, 15) is 0 Å². The Balaban J connectivity index is 0.000000175. The van der Waals surface area contributed by atoms with Crippen molar-refractivity contribution in [3.63, 3.8) is 0 Å². The van der Waals surface area contributed by atoms with Gasteiger partial charge in [0.2, 0.25) is 0 Å². The summed E-state index contributed by atoms with van der Waals surface area (Å²) in [4.78, 5) is 0. The van der Waals surface area contributed by atoms with Crippen molar-refractivity contribution in [3.8, 4) is 11.1 Å². The van der Waals surface area contributed by atoms with Gasteiger partial charge >= 0.3 is 0 Å². The van der Waals surface area contributed by atoms with E-state index in [4.69, 9.17) is 16.9 Å². The first-order valence-corrected chi connectivity index (χ1v) is 10.3. The molecule has 3 heteroatoms. The van der Waals surface area contributed by atoms with Gasteiger partial charge in [-0.1, -0.05) is 120 Å². The van der Waals surface area contributed by atoms with Crippen LogP contribution in [0.1, 0.15) is 22.3 Å². The Morgan fingerprint density at radius 2 is 1.10 bits per heavy atom. The van der Waals surface area contributed by atoms with Gasteiger partial charge in [-0.2, -0.15) is 0 Å². The summed E-state index contributed by atoms with van der Waals surface area (Å²) in [5.41, 5.74) is 17.7. The summed E-state index contributed by atoms with van der Waals surface area (Å²) in [6.45, 7) is 4.89. The van der Waals surface area contributed by atoms with Crippen LogP contribution in [0.25, 0.3) is 11.1 Å². The molecule has 0 unspecified atom stereocenters. The van der Waals surface area contributed by atoms with Crippen LogP contribution >= 0.6 is 0 Å². The maximum atomic E-state index is 7.01. The number of amidine groups is 1. The Morgan fingerprint density at radius 3 is 1.42 bits per heavy atom. The monoisotopic (exact) mass is 409 g/mol. The van der Waals surface area contributed by atoms with Gasteiger partial charge in [-0.3, -0.25) is 5.41 Å². The highest BCUT2D eigenvalue weighted by molar-refractivity contribution is 5.94. The van der Waals surface area contributed by atoms with Crippen molar-refractivity contribution in [2.24, 2.45) is 11.5 Å². The number of benzene rings is 4. The zero-order valence-electron chi connectivity index (χ0n) is 18.3. The molecule has 0 saturated heterocycles. The van der Waals surface area contributed by atoms with Gasteiger partial charge in [0.1, 0.15) is 5.84 Å². The lowest BCUT2D eigenvalue weighted by Gasteiger charge is -2.03. The quantitative estimate of drug-likeness (QED) is 0.283. The largest absolute Gasteiger partial charge is 0.384 e. The number of hydrogen-bond acceptors (Lipinski definition) is 2. The lowest BCUT2D eigenvalue weighted by molar-refractivity contribution is 1.07. The summed E-state index contributed by atoms with van der Waals surface area (Å²) in [6.07, 6.45) is 0. The van der Waals surface area contributed by atoms with Gasteiger partial charge in [-0.15, -0.1) is 0 Å². The second kappa shape index (κ2) is 12.8. The van der Waals surface area contributed by atoms with Gasteiger partial charge in [-0.25, -0.2) is 0 Å². The molecule has 0 heterocycles. The van der Waals surface area contributed by atoms with E-state index in [0.717, 1.165) is 5.56 Å². The van der Waals surface area contributed by atoms with Crippen molar-refractivity contribution >= 4 is 5.84 Å². The SMILES string of the molecule is Cc1cccc(-c2cccc(C)c2)c1.N=C(N)c1ccccc1.NCc1ccccc1. The minimum absolute atomic E-state index is 0.121. The molecule has 0 fully saturated rings. The third-order valence-corrected chi connectivity index (χ3v) is 4.53. The third kappa shape index (κ3) is 8.69. The van der Waals surface area contributed by atoms with E-state index in [2.05, 4.69) is 62.4 Å². The minimum Gasteiger partial charge on any atom is -0.384 e. The van der Waals surface area contributed by atoms with Gasteiger partial charge in [0.05, 0.1) is 0 Å². The van der Waals surface area contributed by atoms with Gasteiger partial charge in [0, 0.05) is 12.1 Å². The highest BCUT2D eigenvalue weighted by Crippen LogP contribution is 2.20. The first kappa shape index (κ1) is 23.6. The molecule has 0 saturated carbocycles. The maximum Gasteiger partial charge on any atom is 0.122 e. The van der Waals surface area contributed by atoms with Gasteiger partial charge < -0.3 is 11.5 Å². The molecule has 0 aliphatic carbocycles. The van der Waals surface area contributed by atoms with Crippen LogP contribution in [-0.4, -0.2) is 5.84 Å². The smallest absolute Gasteiger partial charge is 0.122 e. The number of nitrogens with two attached hydrogens (primary N) is 2.